The van der Waals surface area contributed by atoms with Gasteiger partial charge in [0.2, 0.25) is 0 Å². The van der Waals surface area contributed by atoms with Crippen LogP contribution in [0.4, 0.5) is 10.7 Å². The van der Waals surface area contributed by atoms with Crippen molar-refractivity contribution < 1.29 is 4.79 Å². The van der Waals surface area contributed by atoms with Crippen molar-refractivity contribution in [1.82, 2.24) is 9.80 Å². The zero-order valence-corrected chi connectivity index (χ0v) is 21.4. The number of carbonyl (C=O) groups is 1. The number of rotatable bonds is 9. The lowest BCUT2D eigenvalue weighted by molar-refractivity contribution is 0.0790. The molecule has 2 heterocycles. The Morgan fingerprint density at radius 3 is 2.64 bits per heavy atom. The molecule has 0 saturated carbocycles. The largest absolute Gasteiger partial charge is 0.373 e. The number of thiophene rings is 1. The monoisotopic (exact) mass is 497 g/mol. The van der Waals surface area contributed by atoms with Crippen molar-refractivity contribution in [3.8, 4) is 6.07 Å². The molecule has 6 nitrogen and oxygen atoms in total. The molecular formula is C29H31N5OS. The van der Waals surface area contributed by atoms with Crippen LogP contribution >= 0.6 is 11.3 Å². The van der Waals surface area contributed by atoms with Crippen molar-refractivity contribution in [3.63, 3.8) is 0 Å². The Balaban J connectivity index is 1.53. The van der Waals surface area contributed by atoms with Gasteiger partial charge in [0.05, 0.1) is 28.7 Å². The molecule has 4 rings (SSSR count). The second-order valence-electron chi connectivity index (χ2n) is 8.92. The van der Waals surface area contributed by atoms with E-state index in [0.29, 0.717) is 29.2 Å². The van der Waals surface area contributed by atoms with Gasteiger partial charge >= 0.3 is 0 Å². The van der Waals surface area contributed by atoms with Crippen LogP contribution in [0.3, 0.4) is 0 Å². The van der Waals surface area contributed by atoms with E-state index in [4.69, 9.17) is 4.99 Å². The van der Waals surface area contributed by atoms with Gasteiger partial charge in [-0.05, 0) is 48.1 Å². The molecule has 0 atom stereocenters. The van der Waals surface area contributed by atoms with E-state index in [9.17, 15) is 10.1 Å². The molecule has 36 heavy (non-hydrogen) atoms. The molecule has 0 spiro atoms. The number of nitrogens with one attached hydrogen (secondary N) is 1. The molecule has 1 fully saturated rings. The maximum atomic E-state index is 13.5. The van der Waals surface area contributed by atoms with Gasteiger partial charge in [-0.25, -0.2) is 4.99 Å². The highest BCUT2D eigenvalue weighted by atomic mass is 32.1. The lowest BCUT2D eigenvalue weighted by Gasteiger charge is -2.23. The summed E-state index contributed by atoms with van der Waals surface area (Å²) in [6, 6.07) is 21.6. The Bertz CT molecular complexity index is 1270. The van der Waals surface area contributed by atoms with Crippen LogP contribution in [-0.2, 0) is 6.54 Å². The Morgan fingerprint density at radius 1 is 1.17 bits per heavy atom. The van der Waals surface area contributed by atoms with Gasteiger partial charge in [-0.3, -0.25) is 4.79 Å². The van der Waals surface area contributed by atoms with Crippen molar-refractivity contribution in [2.45, 2.75) is 25.8 Å². The molecule has 1 amide bonds. The molecule has 1 saturated heterocycles. The molecule has 7 heteroatoms. The van der Waals surface area contributed by atoms with Crippen molar-refractivity contribution >= 4 is 39.8 Å². The van der Waals surface area contributed by atoms with E-state index in [0.717, 1.165) is 47.6 Å². The van der Waals surface area contributed by atoms with Crippen LogP contribution in [0, 0.1) is 11.3 Å². The predicted octanol–water partition coefficient (Wildman–Crippen LogP) is 6.16. The van der Waals surface area contributed by atoms with E-state index in [1.807, 2.05) is 60.9 Å². The molecule has 184 valence electrons. The van der Waals surface area contributed by atoms with Crippen molar-refractivity contribution in [3.05, 3.63) is 88.8 Å². The summed E-state index contributed by atoms with van der Waals surface area (Å²) in [7, 11) is 1.76. The average Bonchev–Trinajstić information content (AvgIpc) is 3.34. The lowest BCUT2D eigenvalue weighted by atomic mass is 10.1. The smallest absolute Gasteiger partial charge is 0.266 e. The van der Waals surface area contributed by atoms with Gasteiger partial charge in [0.25, 0.3) is 5.91 Å². The minimum atomic E-state index is -0.117. The number of amides is 1. The van der Waals surface area contributed by atoms with Gasteiger partial charge in [0, 0.05) is 33.2 Å². The fraction of sp³-hybridized carbons (Fsp3) is 0.276. The second kappa shape index (κ2) is 12.2. The number of hydrogen-bond acceptors (Lipinski definition) is 5. The maximum absolute atomic E-state index is 13.5. The van der Waals surface area contributed by atoms with Gasteiger partial charge < -0.3 is 15.1 Å². The molecule has 1 aliphatic heterocycles. The SMILES string of the molecule is C=C(CNc1cc(/N=C/N2CCCCC2)c(C(=O)N(C)Cc2ccccc2C#N)s1)c1ccccc1. The highest BCUT2D eigenvalue weighted by molar-refractivity contribution is 7.18. The number of anilines is 1. The van der Waals surface area contributed by atoms with E-state index in [2.05, 4.69) is 22.9 Å². The van der Waals surface area contributed by atoms with Crippen LogP contribution < -0.4 is 5.32 Å². The number of piperidine rings is 1. The fourth-order valence-corrected chi connectivity index (χ4v) is 5.13. The maximum Gasteiger partial charge on any atom is 0.266 e. The summed E-state index contributed by atoms with van der Waals surface area (Å²) in [5.74, 6) is -0.117. The summed E-state index contributed by atoms with van der Waals surface area (Å²) >= 11 is 1.40. The first-order valence-electron chi connectivity index (χ1n) is 12.2. The molecule has 0 radical (unpaired) electrons. The summed E-state index contributed by atoms with van der Waals surface area (Å²) < 4.78 is 0. The summed E-state index contributed by atoms with van der Waals surface area (Å²) in [4.78, 5) is 22.7. The molecule has 3 aromatic rings. The number of hydrogen-bond donors (Lipinski definition) is 1. The first-order chi connectivity index (χ1) is 17.5. The van der Waals surface area contributed by atoms with Gasteiger partial charge in [-0.2, -0.15) is 5.26 Å². The first-order valence-corrected chi connectivity index (χ1v) is 13.0. The molecule has 1 N–H and O–H groups in total. The molecule has 2 aromatic carbocycles. The molecule has 0 bridgehead atoms. The summed E-state index contributed by atoms with van der Waals surface area (Å²) in [6.07, 6.45) is 5.45. The average molecular weight is 498 g/mol. The molecule has 0 unspecified atom stereocenters. The van der Waals surface area contributed by atoms with Crippen LogP contribution in [-0.4, -0.2) is 48.7 Å². The zero-order chi connectivity index (χ0) is 25.3. The standard InChI is InChI=1S/C29H31N5OS/c1-22(23-11-5-3-6-12-23)19-31-27-17-26(32-21-34-15-9-4-10-16-34)28(36-27)29(35)33(2)20-25-14-8-7-13-24(25)18-30/h3,5-8,11-14,17,21,31H,1,4,9-10,15-16,19-20H2,2H3/b32-21+. The number of benzene rings is 2. The van der Waals surface area contributed by atoms with Crippen LogP contribution in [0.5, 0.6) is 0 Å². The van der Waals surface area contributed by atoms with Crippen molar-refractivity contribution in [2.75, 3.05) is 32.0 Å². The number of nitriles is 1. The normalized spacial score (nSPS) is 13.4. The van der Waals surface area contributed by atoms with Crippen LogP contribution in [0.1, 0.15) is 45.6 Å². The molecular weight excluding hydrogens is 466 g/mol. The first kappa shape index (κ1) is 25.2. The lowest BCUT2D eigenvalue weighted by Crippen LogP contribution is -2.28. The van der Waals surface area contributed by atoms with Crippen LogP contribution in [0.25, 0.3) is 5.57 Å². The molecule has 1 aliphatic rings. The van der Waals surface area contributed by atoms with E-state index in [1.54, 1.807) is 18.0 Å². The number of nitrogens with zero attached hydrogens (tertiary/aromatic N) is 4. The fourth-order valence-electron chi connectivity index (χ4n) is 4.13. The van der Waals surface area contributed by atoms with Crippen molar-refractivity contribution in [2.24, 2.45) is 4.99 Å². The van der Waals surface area contributed by atoms with E-state index < -0.39 is 0 Å². The van der Waals surface area contributed by atoms with Gasteiger partial charge in [-0.1, -0.05) is 55.1 Å². The molecule has 0 aliphatic carbocycles. The van der Waals surface area contributed by atoms with Gasteiger partial charge in [-0.15, -0.1) is 11.3 Å². The predicted molar refractivity (Wildman–Crippen MR) is 149 cm³/mol. The highest BCUT2D eigenvalue weighted by Gasteiger charge is 2.21. The minimum absolute atomic E-state index is 0.117. The Morgan fingerprint density at radius 2 is 1.89 bits per heavy atom. The number of aliphatic imine (C=N–C) groups is 1. The van der Waals surface area contributed by atoms with Crippen molar-refractivity contribution in [1.29, 1.82) is 5.26 Å². The molecule has 1 aromatic heterocycles. The van der Waals surface area contributed by atoms with Crippen LogP contribution in [0.2, 0.25) is 0 Å². The third kappa shape index (κ3) is 6.41. The second-order valence-corrected chi connectivity index (χ2v) is 9.97. The van der Waals surface area contributed by atoms with E-state index >= 15 is 0 Å². The van der Waals surface area contributed by atoms with E-state index in [1.165, 1.54) is 17.8 Å². The van der Waals surface area contributed by atoms with Gasteiger partial charge in [0.1, 0.15) is 4.88 Å². The summed E-state index contributed by atoms with van der Waals surface area (Å²) in [5.41, 5.74) is 4.11. The third-order valence-corrected chi connectivity index (χ3v) is 7.28. The number of likely N-dealkylation sites (tertiary alicyclic amines) is 1. The topological polar surface area (TPSA) is 71.7 Å². The number of carbonyl (C=O) groups excluding carboxylic acids is 1. The zero-order valence-electron chi connectivity index (χ0n) is 20.6. The highest BCUT2D eigenvalue weighted by Crippen LogP contribution is 2.35. The van der Waals surface area contributed by atoms with E-state index in [-0.39, 0.29) is 5.91 Å². The third-order valence-electron chi connectivity index (χ3n) is 6.21. The Labute approximate surface area is 217 Å². The Hall–Kier alpha value is -3.89. The quantitative estimate of drug-likeness (QED) is 0.284. The Kier molecular flexibility index (Phi) is 8.53. The van der Waals surface area contributed by atoms with Crippen LogP contribution in [0.15, 0.2) is 72.2 Å². The minimum Gasteiger partial charge on any atom is -0.373 e. The summed E-state index contributed by atoms with van der Waals surface area (Å²) in [6.45, 7) is 7.10. The summed E-state index contributed by atoms with van der Waals surface area (Å²) in [5, 5.41) is 13.7. The van der Waals surface area contributed by atoms with Gasteiger partial charge in [0.15, 0.2) is 0 Å².